The lowest BCUT2D eigenvalue weighted by atomic mass is 9.70. The van der Waals surface area contributed by atoms with Gasteiger partial charge in [-0.2, -0.15) is 0 Å². The first-order valence-electron chi connectivity index (χ1n) is 9.62. The van der Waals surface area contributed by atoms with E-state index in [1.54, 1.807) is 0 Å². The number of esters is 1. The summed E-state index contributed by atoms with van der Waals surface area (Å²) in [5, 5.41) is 0. The van der Waals surface area contributed by atoms with E-state index in [0.717, 1.165) is 30.6 Å². The van der Waals surface area contributed by atoms with Crippen LogP contribution in [0.5, 0.6) is 0 Å². The van der Waals surface area contributed by atoms with Gasteiger partial charge in [-0.15, -0.1) is 0 Å². The minimum absolute atomic E-state index is 0.0331. The van der Waals surface area contributed by atoms with Crippen molar-refractivity contribution in [2.45, 2.75) is 70.8 Å². The van der Waals surface area contributed by atoms with Gasteiger partial charge in [0.25, 0.3) is 0 Å². The van der Waals surface area contributed by atoms with Gasteiger partial charge in [-0.3, -0.25) is 0 Å². The van der Waals surface area contributed by atoms with Gasteiger partial charge >= 0.3 is 5.97 Å². The third-order valence-corrected chi connectivity index (χ3v) is 6.21. The fourth-order valence-corrected chi connectivity index (χ4v) is 4.55. The van der Waals surface area contributed by atoms with Crippen molar-refractivity contribution in [3.05, 3.63) is 35.6 Å². The number of hydrogen-bond acceptors (Lipinski definition) is 2. The van der Waals surface area contributed by atoms with Crippen LogP contribution in [0.1, 0.15) is 75.1 Å². The second-order valence-corrected chi connectivity index (χ2v) is 7.64. The van der Waals surface area contributed by atoms with Crippen LogP contribution >= 0.6 is 0 Å². The maximum Gasteiger partial charge on any atom is 0.338 e. The normalized spacial score (nSPS) is 30.8. The van der Waals surface area contributed by atoms with E-state index in [4.69, 9.17) is 4.74 Å². The van der Waals surface area contributed by atoms with Crippen molar-refractivity contribution >= 4 is 5.97 Å². The lowest BCUT2D eigenvalue weighted by Crippen LogP contribution is -2.29. The highest BCUT2D eigenvalue weighted by atomic mass is 19.1. The lowest BCUT2D eigenvalue weighted by molar-refractivity contribution is 0.0110. The number of carbonyl (C=O) groups excluding carboxylic acids is 1. The third kappa shape index (κ3) is 4.37. The Balaban J connectivity index is 1.43. The molecular formula is C21H29FO2. The average Bonchev–Trinajstić information content (AvgIpc) is 2.63. The van der Waals surface area contributed by atoms with E-state index in [9.17, 15) is 9.18 Å². The third-order valence-electron chi connectivity index (χ3n) is 6.21. The molecule has 24 heavy (non-hydrogen) atoms. The van der Waals surface area contributed by atoms with Crippen LogP contribution in [0.4, 0.5) is 4.39 Å². The Morgan fingerprint density at radius 2 is 1.50 bits per heavy atom. The van der Waals surface area contributed by atoms with Gasteiger partial charge in [0, 0.05) is 0 Å². The molecule has 1 aromatic rings. The van der Waals surface area contributed by atoms with Crippen molar-refractivity contribution in [2.24, 2.45) is 17.8 Å². The molecule has 0 bridgehead atoms. The Morgan fingerprint density at radius 1 is 0.958 bits per heavy atom. The molecule has 132 valence electrons. The van der Waals surface area contributed by atoms with Gasteiger partial charge in [0.15, 0.2) is 0 Å². The van der Waals surface area contributed by atoms with E-state index in [1.165, 1.54) is 69.2 Å². The van der Waals surface area contributed by atoms with Gasteiger partial charge in [-0.25, -0.2) is 9.18 Å². The second-order valence-electron chi connectivity index (χ2n) is 7.64. The Hall–Kier alpha value is -1.38. The van der Waals surface area contributed by atoms with Crippen LogP contribution in [0.25, 0.3) is 0 Å². The molecule has 0 amide bonds. The molecular weight excluding hydrogens is 303 g/mol. The molecule has 2 aliphatic rings. The summed E-state index contributed by atoms with van der Waals surface area (Å²) in [6.45, 7) is 2.31. The first-order chi connectivity index (χ1) is 11.7. The van der Waals surface area contributed by atoms with Crippen LogP contribution in [0.15, 0.2) is 24.3 Å². The van der Waals surface area contributed by atoms with E-state index in [-0.39, 0.29) is 17.9 Å². The molecule has 0 unspecified atom stereocenters. The number of ether oxygens (including phenoxy) is 1. The van der Waals surface area contributed by atoms with Crippen molar-refractivity contribution < 1.29 is 13.9 Å². The van der Waals surface area contributed by atoms with Crippen molar-refractivity contribution in [3.63, 3.8) is 0 Å². The van der Waals surface area contributed by atoms with Gasteiger partial charge in [0.05, 0.1) is 5.56 Å². The molecule has 2 fully saturated rings. The zero-order valence-electron chi connectivity index (χ0n) is 14.7. The molecule has 0 atom stereocenters. The SMILES string of the molecule is CCC1CCC(C2CCC(OC(=O)c3ccc(F)cc3)CC2)CC1. The fourth-order valence-electron chi connectivity index (χ4n) is 4.55. The Kier molecular flexibility index (Phi) is 5.91. The highest BCUT2D eigenvalue weighted by Gasteiger charge is 2.31. The van der Waals surface area contributed by atoms with Crippen LogP contribution in [-0.4, -0.2) is 12.1 Å². The predicted octanol–water partition coefficient (Wildman–Crippen LogP) is 5.76. The maximum absolute atomic E-state index is 12.9. The number of benzene rings is 1. The zero-order chi connectivity index (χ0) is 16.9. The van der Waals surface area contributed by atoms with Crippen molar-refractivity contribution in [2.75, 3.05) is 0 Å². The van der Waals surface area contributed by atoms with E-state index in [1.807, 2.05) is 0 Å². The van der Waals surface area contributed by atoms with Crippen LogP contribution in [-0.2, 0) is 4.74 Å². The summed E-state index contributed by atoms with van der Waals surface area (Å²) in [5.74, 6) is 2.02. The highest BCUT2D eigenvalue weighted by Crippen LogP contribution is 2.41. The largest absolute Gasteiger partial charge is 0.459 e. The molecule has 3 rings (SSSR count). The molecule has 1 aromatic carbocycles. The fraction of sp³-hybridized carbons (Fsp3) is 0.667. The van der Waals surface area contributed by atoms with Gasteiger partial charge in [0.1, 0.15) is 11.9 Å². The molecule has 0 aliphatic heterocycles. The van der Waals surface area contributed by atoms with Gasteiger partial charge in [-0.1, -0.05) is 26.2 Å². The first-order valence-corrected chi connectivity index (χ1v) is 9.62. The number of carbonyl (C=O) groups is 1. The molecule has 2 saturated carbocycles. The van der Waals surface area contributed by atoms with Crippen molar-refractivity contribution in [1.82, 2.24) is 0 Å². The van der Waals surface area contributed by atoms with Crippen LogP contribution < -0.4 is 0 Å². The molecule has 0 aromatic heterocycles. The average molecular weight is 332 g/mol. The highest BCUT2D eigenvalue weighted by molar-refractivity contribution is 5.89. The topological polar surface area (TPSA) is 26.3 Å². The Bertz CT molecular complexity index is 523. The monoisotopic (exact) mass is 332 g/mol. The molecule has 0 spiro atoms. The zero-order valence-corrected chi connectivity index (χ0v) is 14.7. The van der Waals surface area contributed by atoms with Crippen LogP contribution in [0, 0.1) is 23.6 Å². The van der Waals surface area contributed by atoms with Gasteiger partial charge < -0.3 is 4.74 Å². The molecule has 2 nitrogen and oxygen atoms in total. The quantitative estimate of drug-likeness (QED) is 0.655. The Morgan fingerprint density at radius 3 is 2.04 bits per heavy atom. The number of halogens is 1. The Labute approximate surface area is 144 Å². The summed E-state index contributed by atoms with van der Waals surface area (Å²) < 4.78 is 18.5. The first kappa shape index (κ1) is 17.4. The predicted molar refractivity (Wildman–Crippen MR) is 93.3 cm³/mol. The van der Waals surface area contributed by atoms with E-state index in [0.29, 0.717) is 5.56 Å². The standard InChI is InChI=1S/C21H29FO2/c1-2-15-3-5-16(6-4-15)17-9-13-20(14-10-17)24-21(23)18-7-11-19(22)12-8-18/h7-8,11-12,15-17,20H,2-6,9-10,13-14H2,1H3. The molecule has 0 saturated heterocycles. The summed E-state index contributed by atoms with van der Waals surface area (Å²) in [7, 11) is 0. The van der Waals surface area contributed by atoms with E-state index >= 15 is 0 Å². The van der Waals surface area contributed by atoms with Crippen molar-refractivity contribution in [1.29, 1.82) is 0 Å². The summed E-state index contributed by atoms with van der Waals surface area (Å²) in [6.07, 6.45) is 11.3. The smallest absolute Gasteiger partial charge is 0.338 e. The minimum Gasteiger partial charge on any atom is -0.459 e. The number of hydrogen-bond donors (Lipinski definition) is 0. The lowest BCUT2D eigenvalue weighted by Gasteiger charge is -2.37. The summed E-state index contributed by atoms with van der Waals surface area (Å²) in [4.78, 5) is 12.1. The van der Waals surface area contributed by atoms with Gasteiger partial charge in [-0.05, 0) is 80.5 Å². The molecule has 0 heterocycles. The maximum atomic E-state index is 12.9. The molecule has 2 aliphatic carbocycles. The molecule has 3 heteroatoms. The van der Waals surface area contributed by atoms with Crippen LogP contribution in [0.3, 0.4) is 0 Å². The second kappa shape index (κ2) is 8.13. The van der Waals surface area contributed by atoms with E-state index in [2.05, 4.69) is 6.92 Å². The number of rotatable bonds is 4. The molecule has 0 radical (unpaired) electrons. The van der Waals surface area contributed by atoms with Crippen molar-refractivity contribution in [3.8, 4) is 0 Å². The molecule has 0 N–H and O–H groups in total. The summed E-state index contributed by atoms with van der Waals surface area (Å²) in [6, 6.07) is 5.60. The van der Waals surface area contributed by atoms with Gasteiger partial charge in [0.2, 0.25) is 0 Å². The summed E-state index contributed by atoms with van der Waals surface area (Å²) >= 11 is 0. The summed E-state index contributed by atoms with van der Waals surface area (Å²) in [5.41, 5.74) is 0.441. The van der Waals surface area contributed by atoms with Crippen LogP contribution in [0.2, 0.25) is 0 Å². The van der Waals surface area contributed by atoms with E-state index < -0.39 is 0 Å². The minimum atomic E-state index is -0.329.